The maximum absolute atomic E-state index is 13.9. The fraction of sp³-hybridized carbons (Fsp3) is 0.316. The van der Waals surface area contributed by atoms with Gasteiger partial charge in [0.05, 0.1) is 4.90 Å². The van der Waals surface area contributed by atoms with Crippen LogP contribution in [-0.2, 0) is 9.84 Å². The van der Waals surface area contributed by atoms with Crippen LogP contribution in [0.15, 0.2) is 65.9 Å². The average molecular weight is 355 g/mol. The highest BCUT2D eigenvalue weighted by Gasteiger charge is 2.48. The molecule has 1 aromatic heterocycles. The van der Waals surface area contributed by atoms with Crippen molar-refractivity contribution in [2.45, 2.75) is 16.2 Å². The molecule has 1 aromatic carbocycles. The highest BCUT2D eigenvalue weighted by atomic mass is 32.2. The maximum atomic E-state index is 13.9. The van der Waals surface area contributed by atoms with Gasteiger partial charge >= 0.3 is 0 Å². The van der Waals surface area contributed by atoms with Crippen LogP contribution in [0, 0.1) is 0 Å². The number of piperazine rings is 1. The van der Waals surface area contributed by atoms with Crippen molar-refractivity contribution in [2.24, 2.45) is 0 Å². The molecule has 25 heavy (non-hydrogen) atoms. The smallest absolute Gasteiger partial charge is 0.201 e. The van der Waals surface area contributed by atoms with Crippen molar-refractivity contribution in [1.82, 2.24) is 15.2 Å². The van der Waals surface area contributed by atoms with Gasteiger partial charge < -0.3 is 5.32 Å². The number of allylic oxidation sites excluding steroid dienone is 2. The minimum absolute atomic E-state index is 0.380. The standard InChI is InChI=1S/C19H21N3O2S/c23-25(24,18-6-4-5-16-15-21-10-7-17(16)18)19(8-2-1-3-9-19)22-13-11-20-12-14-22/h1-8,10,15,20H,9,11-14H2. The number of benzene rings is 1. The fourth-order valence-corrected chi connectivity index (χ4v) is 5.96. The molecular formula is C19H21N3O2S. The Morgan fingerprint density at radius 3 is 2.72 bits per heavy atom. The molecule has 0 spiro atoms. The Kier molecular flexibility index (Phi) is 4.19. The van der Waals surface area contributed by atoms with Crippen molar-refractivity contribution in [3.63, 3.8) is 0 Å². The molecule has 2 aliphatic rings. The van der Waals surface area contributed by atoms with Crippen LogP contribution in [-0.4, -0.2) is 49.4 Å². The third kappa shape index (κ3) is 2.61. The van der Waals surface area contributed by atoms with Gasteiger partial charge in [-0.2, -0.15) is 0 Å². The zero-order chi connectivity index (χ0) is 17.3. The van der Waals surface area contributed by atoms with Crippen molar-refractivity contribution in [2.75, 3.05) is 26.2 Å². The summed E-state index contributed by atoms with van der Waals surface area (Å²) in [6, 6.07) is 7.20. The van der Waals surface area contributed by atoms with Gasteiger partial charge in [-0.15, -0.1) is 0 Å². The minimum atomic E-state index is -3.62. The molecule has 4 rings (SSSR count). The number of hydrogen-bond donors (Lipinski definition) is 1. The Hall–Kier alpha value is -2.02. The Bertz CT molecular complexity index is 941. The molecule has 0 radical (unpaired) electrons. The number of nitrogens with one attached hydrogen (secondary N) is 1. The van der Waals surface area contributed by atoms with E-state index in [0.29, 0.717) is 24.4 Å². The number of aromatic nitrogens is 1. The number of hydrogen-bond acceptors (Lipinski definition) is 5. The second-order valence-electron chi connectivity index (χ2n) is 6.43. The predicted molar refractivity (Wildman–Crippen MR) is 99.0 cm³/mol. The maximum Gasteiger partial charge on any atom is 0.201 e. The van der Waals surface area contributed by atoms with Crippen LogP contribution in [0.5, 0.6) is 0 Å². The van der Waals surface area contributed by atoms with Gasteiger partial charge in [0.15, 0.2) is 4.87 Å². The van der Waals surface area contributed by atoms with E-state index in [2.05, 4.69) is 15.2 Å². The fourth-order valence-electron chi connectivity index (χ4n) is 3.75. The molecule has 0 bridgehead atoms. The molecule has 1 aliphatic carbocycles. The number of nitrogens with zero attached hydrogens (tertiary/aromatic N) is 2. The first-order valence-electron chi connectivity index (χ1n) is 8.53. The van der Waals surface area contributed by atoms with Crippen molar-refractivity contribution >= 4 is 20.6 Å². The van der Waals surface area contributed by atoms with E-state index >= 15 is 0 Å². The molecule has 130 valence electrons. The summed E-state index contributed by atoms with van der Waals surface area (Å²) < 4.78 is 27.7. The molecule has 0 saturated carbocycles. The van der Waals surface area contributed by atoms with Crippen LogP contribution >= 0.6 is 0 Å². The molecule has 1 N–H and O–H groups in total. The summed E-state index contributed by atoms with van der Waals surface area (Å²) in [4.78, 5) is 5.57. The molecule has 1 saturated heterocycles. The van der Waals surface area contributed by atoms with Gasteiger partial charge in [0.1, 0.15) is 0 Å². The Labute approximate surface area is 148 Å². The zero-order valence-corrected chi connectivity index (χ0v) is 14.7. The Morgan fingerprint density at radius 2 is 1.96 bits per heavy atom. The average Bonchev–Trinajstić information content (AvgIpc) is 2.68. The van der Waals surface area contributed by atoms with Gasteiger partial charge in [-0.05, 0) is 18.2 Å². The molecule has 1 unspecified atom stereocenters. The molecule has 1 atom stereocenters. The summed E-state index contributed by atoms with van der Waals surface area (Å²) in [6.07, 6.45) is 11.4. The van der Waals surface area contributed by atoms with E-state index < -0.39 is 14.7 Å². The monoisotopic (exact) mass is 355 g/mol. The van der Waals surface area contributed by atoms with Gasteiger partial charge in [0.25, 0.3) is 0 Å². The normalized spacial score (nSPS) is 24.6. The molecular weight excluding hydrogens is 334 g/mol. The summed E-state index contributed by atoms with van der Waals surface area (Å²) in [6.45, 7) is 3.02. The number of sulfone groups is 1. The topological polar surface area (TPSA) is 62.3 Å². The van der Waals surface area contributed by atoms with Crippen molar-refractivity contribution < 1.29 is 8.42 Å². The van der Waals surface area contributed by atoms with E-state index in [1.54, 1.807) is 30.6 Å². The predicted octanol–water partition coefficient (Wildman–Crippen LogP) is 2.13. The number of fused-ring (bicyclic) bond motifs is 1. The second-order valence-corrected chi connectivity index (χ2v) is 8.58. The molecule has 0 amide bonds. The van der Waals surface area contributed by atoms with Gasteiger partial charge in [-0.25, -0.2) is 8.42 Å². The van der Waals surface area contributed by atoms with Crippen LogP contribution < -0.4 is 5.32 Å². The highest BCUT2D eigenvalue weighted by Crippen LogP contribution is 2.38. The SMILES string of the molecule is O=S(=O)(c1cccc2cnccc12)C1(N2CCNCC2)C=CC=CC1. The van der Waals surface area contributed by atoms with Gasteiger partial charge in [0.2, 0.25) is 9.84 Å². The van der Waals surface area contributed by atoms with Crippen LogP contribution in [0.25, 0.3) is 10.8 Å². The van der Waals surface area contributed by atoms with E-state index in [-0.39, 0.29) is 0 Å². The molecule has 6 heteroatoms. The van der Waals surface area contributed by atoms with Gasteiger partial charge in [-0.3, -0.25) is 9.88 Å². The summed E-state index contributed by atoms with van der Waals surface area (Å²) in [5.41, 5.74) is 0. The molecule has 1 aliphatic heterocycles. The van der Waals surface area contributed by atoms with E-state index in [4.69, 9.17) is 0 Å². The largest absolute Gasteiger partial charge is 0.314 e. The summed E-state index contributed by atoms with van der Waals surface area (Å²) in [7, 11) is -3.62. The first kappa shape index (κ1) is 16.4. The molecule has 5 nitrogen and oxygen atoms in total. The van der Waals surface area contributed by atoms with Crippen molar-refractivity contribution in [3.8, 4) is 0 Å². The van der Waals surface area contributed by atoms with Crippen LogP contribution in [0.3, 0.4) is 0 Å². The first-order chi connectivity index (χ1) is 12.2. The lowest BCUT2D eigenvalue weighted by Crippen LogP contribution is -2.59. The molecule has 2 heterocycles. The van der Waals surface area contributed by atoms with Crippen LogP contribution in [0.2, 0.25) is 0 Å². The summed E-state index contributed by atoms with van der Waals surface area (Å²) >= 11 is 0. The van der Waals surface area contributed by atoms with E-state index in [1.165, 1.54) is 0 Å². The quantitative estimate of drug-likeness (QED) is 0.914. The zero-order valence-electron chi connectivity index (χ0n) is 13.9. The molecule has 1 fully saturated rings. The van der Waals surface area contributed by atoms with Crippen LogP contribution in [0.4, 0.5) is 0 Å². The minimum Gasteiger partial charge on any atom is -0.314 e. The Balaban J connectivity index is 1.91. The van der Waals surface area contributed by atoms with E-state index in [1.807, 2.05) is 30.4 Å². The highest BCUT2D eigenvalue weighted by molar-refractivity contribution is 7.93. The van der Waals surface area contributed by atoms with Gasteiger partial charge in [0, 0.05) is 55.8 Å². The Morgan fingerprint density at radius 1 is 1.12 bits per heavy atom. The second kappa shape index (κ2) is 6.37. The van der Waals surface area contributed by atoms with Gasteiger partial charge in [-0.1, -0.05) is 30.4 Å². The first-order valence-corrected chi connectivity index (χ1v) is 10.0. The third-order valence-corrected chi connectivity index (χ3v) is 7.49. The summed E-state index contributed by atoms with van der Waals surface area (Å²) in [5.74, 6) is 0. The third-order valence-electron chi connectivity index (χ3n) is 5.06. The lowest BCUT2D eigenvalue weighted by molar-refractivity contribution is 0.171. The van der Waals surface area contributed by atoms with Crippen molar-refractivity contribution in [1.29, 1.82) is 0 Å². The summed E-state index contributed by atoms with van der Waals surface area (Å²) in [5, 5.41) is 4.88. The number of rotatable bonds is 3. The lowest BCUT2D eigenvalue weighted by atomic mass is 10.1. The van der Waals surface area contributed by atoms with E-state index in [9.17, 15) is 8.42 Å². The molecule has 2 aromatic rings. The van der Waals surface area contributed by atoms with Crippen LogP contribution in [0.1, 0.15) is 6.42 Å². The van der Waals surface area contributed by atoms with Crippen molar-refractivity contribution in [3.05, 3.63) is 61.0 Å². The lowest BCUT2D eigenvalue weighted by Gasteiger charge is -2.43. The van der Waals surface area contributed by atoms with E-state index in [0.717, 1.165) is 23.9 Å². The number of pyridine rings is 1.